The molecule has 0 bridgehead atoms. The number of para-hydroxylation sites is 1. The fourth-order valence-electron chi connectivity index (χ4n) is 7.16. The molecular formula is C48H31N5. The molecule has 0 fully saturated rings. The van der Waals surface area contributed by atoms with Crippen molar-refractivity contribution >= 4 is 27.6 Å². The van der Waals surface area contributed by atoms with Crippen molar-refractivity contribution in [2.75, 3.05) is 0 Å². The molecule has 248 valence electrons. The molecule has 0 saturated heterocycles. The van der Waals surface area contributed by atoms with Crippen LogP contribution < -0.4 is 0 Å². The summed E-state index contributed by atoms with van der Waals surface area (Å²) in [5, 5.41) is 1.05. The highest BCUT2D eigenvalue weighted by atomic mass is 15.0. The first kappa shape index (κ1) is 30.6. The minimum atomic E-state index is 0.688. The van der Waals surface area contributed by atoms with Crippen LogP contribution in [0.15, 0.2) is 188 Å². The average molecular weight is 678 g/mol. The second kappa shape index (κ2) is 12.8. The summed E-state index contributed by atoms with van der Waals surface area (Å²) in [5.74, 6) is 0.688. The largest absolute Gasteiger partial charge is 0.298 e. The fraction of sp³-hybridized carbons (Fsp3) is 0. The summed E-state index contributed by atoms with van der Waals surface area (Å²) in [5.41, 5.74) is 15.2. The topological polar surface area (TPSA) is 56.0 Å². The van der Waals surface area contributed by atoms with E-state index in [1.165, 1.54) is 5.56 Å². The van der Waals surface area contributed by atoms with Gasteiger partial charge < -0.3 is 0 Å². The highest BCUT2D eigenvalue weighted by Gasteiger charge is 2.17. The smallest absolute Gasteiger partial charge is 0.160 e. The Morgan fingerprint density at radius 1 is 0.358 bits per heavy atom. The lowest BCUT2D eigenvalue weighted by molar-refractivity contribution is 1.18. The van der Waals surface area contributed by atoms with Crippen molar-refractivity contribution in [1.29, 1.82) is 0 Å². The van der Waals surface area contributed by atoms with E-state index in [4.69, 9.17) is 19.9 Å². The third-order valence-electron chi connectivity index (χ3n) is 9.84. The molecule has 0 spiro atoms. The van der Waals surface area contributed by atoms with Crippen LogP contribution in [0.1, 0.15) is 0 Å². The van der Waals surface area contributed by atoms with Crippen molar-refractivity contribution in [2.24, 2.45) is 0 Å². The van der Waals surface area contributed by atoms with Crippen molar-refractivity contribution < 1.29 is 0 Å². The van der Waals surface area contributed by atoms with Gasteiger partial charge in [0.2, 0.25) is 0 Å². The van der Waals surface area contributed by atoms with Gasteiger partial charge in [0, 0.05) is 33.8 Å². The van der Waals surface area contributed by atoms with E-state index in [2.05, 4.69) is 138 Å². The molecule has 6 aromatic carbocycles. The van der Waals surface area contributed by atoms with E-state index in [-0.39, 0.29) is 0 Å². The van der Waals surface area contributed by atoms with Gasteiger partial charge in [-0.15, -0.1) is 0 Å². The normalized spacial score (nSPS) is 11.4. The van der Waals surface area contributed by atoms with Crippen molar-refractivity contribution in [3.05, 3.63) is 188 Å². The minimum Gasteiger partial charge on any atom is -0.298 e. The van der Waals surface area contributed by atoms with Crippen LogP contribution in [-0.2, 0) is 0 Å². The number of rotatable bonds is 6. The number of benzene rings is 6. The fourth-order valence-corrected chi connectivity index (χ4v) is 7.16. The van der Waals surface area contributed by atoms with Gasteiger partial charge in [-0.05, 0) is 52.6 Å². The van der Waals surface area contributed by atoms with Gasteiger partial charge in [0.05, 0.1) is 28.1 Å². The van der Waals surface area contributed by atoms with Gasteiger partial charge in [0.1, 0.15) is 11.2 Å². The molecule has 0 aliphatic carbocycles. The SMILES string of the molecule is c1ccc(-c2cccc(-c3cc(-c4ccccc4)nc(-c4ccc(-c5ccc(-c6nc7ccccc7c7nc8ccccn8c67)cc5)cc4)n3)c2)cc1. The van der Waals surface area contributed by atoms with Gasteiger partial charge in [0.25, 0.3) is 0 Å². The van der Waals surface area contributed by atoms with Crippen LogP contribution in [0, 0.1) is 0 Å². The molecule has 4 aromatic heterocycles. The number of imidazole rings is 1. The van der Waals surface area contributed by atoms with Crippen LogP contribution in [0.25, 0.3) is 95.0 Å². The van der Waals surface area contributed by atoms with Crippen molar-refractivity contribution in [3.8, 4) is 67.4 Å². The molecule has 0 aliphatic heterocycles. The van der Waals surface area contributed by atoms with Crippen molar-refractivity contribution in [1.82, 2.24) is 24.3 Å². The average Bonchev–Trinajstić information content (AvgIpc) is 3.64. The zero-order valence-corrected chi connectivity index (χ0v) is 28.6. The van der Waals surface area contributed by atoms with Gasteiger partial charge in [-0.1, -0.05) is 152 Å². The Bertz CT molecular complexity index is 2920. The molecule has 5 nitrogen and oxygen atoms in total. The summed E-state index contributed by atoms with van der Waals surface area (Å²) in [6, 6.07) is 62.9. The number of hydrogen-bond acceptors (Lipinski definition) is 4. The van der Waals surface area contributed by atoms with Crippen LogP contribution in [-0.4, -0.2) is 24.3 Å². The number of nitrogens with zero attached hydrogens (tertiary/aromatic N) is 5. The Morgan fingerprint density at radius 3 is 1.68 bits per heavy atom. The first-order chi connectivity index (χ1) is 26.2. The predicted octanol–water partition coefficient (Wildman–Crippen LogP) is 11.8. The molecule has 10 rings (SSSR count). The molecule has 10 aromatic rings. The quantitative estimate of drug-likeness (QED) is 0.176. The molecule has 0 atom stereocenters. The van der Waals surface area contributed by atoms with Gasteiger partial charge in [-0.3, -0.25) is 4.40 Å². The first-order valence-electron chi connectivity index (χ1n) is 17.7. The van der Waals surface area contributed by atoms with Crippen molar-refractivity contribution in [3.63, 3.8) is 0 Å². The Kier molecular flexibility index (Phi) is 7.40. The number of pyridine rings is 2. The van der Waals surface area contributed by atoms with Gasteiger partial charge in [-0.2, -0.15) is 0 Å². The molecule has 5 heteroatoms. The molecule has 0 N–H and O–H groups in total. The van der Waals surface area contributed by atoms with E-state index in [0.717, 1.165) is 83.6 Å². The number of aromatic nitrogens is 5. The van der Waals surface area contributed by atoms with E-state index >= 15 is 0 Å². The van der Waals surface area contributed by atoms with Crippen LogP contribution in [0.5, 0.6) is 0 Å². The zero-order valence-electron chi connectivity index (χ0n) is 28.6. The first-order valence-corrected chi connectivity index (χ1v) is 17.7. The Labute approximate surface area is 306 Å². The standard InChI is InChI=1S/C48H31N5/c1-3-12-32(13-4-1)38-16-11-17-39(30-38)43-31-42(35-14-5-2-6-15-35)50-48(51-43)37-27-23-34(24-28-37)33-21-25-36(26-22-33)45-47-46(40-18-7-8-19-41(40)49-45)52-44-20-9-10-29-53(44)47/h1-31H. The van der Waals surface area contributed by atoms with E-state index in [0.29, 0.717) is 5.82 Å². The van der Waals surface area contributed by atoms with Crippen LogP contribution >= 0.6 is 0 Å². The van der Waals surface area contributed by atoms with Gasteiger partial charge >= 0.3 is 0 Å². The number of fused-ring (bicyclic) bond motifs is 5. The lowest BCUT2D eigenvalue weighted by Crippen LogP contribution is -1.96. The second-order valence-corrected chi connectivity index (χ2v) is 13.1. The van der Waals surface area contributed by atoms with Crippen LogP contribution in [0.3, 0.4) is 0 Å². The molecule has 0 radical (unpaired) electrons. The predicted molar refractivity (Wildman–Crippen MR) is 216 cm³/mol. The van der Waals surface area contributed by atoms with Crippen LogP contribution in [0.2, 0.25) is 0 Å². The monoisotopic (exact) mass is 677 g/mol. The molecule has 0 unspecified atom stereocenters. The highest BCUT2D eigenvalue weighted by molar-refractivity contribution is 6.09. The molecule has 4 heterocycles. The van der Waals surface area contributed by atoms with E-state index < -0.39 is 0 Å². The molecule has 53 heavy (non-hydrogen) atoms. The molecule has 0 saturated carbocycles. The Morgan fingerprint density at radius 2 is 0.925 bits per heavy atom. The summed E-state index contributed by atoms with van der Waals surface area (Å²) < 4.78 is 2.14. The number of hydrogen-bond donors (Lipinski definition) is 0. The molecular weight excluding hydrogens is 647 g/mol. The third kappa shape index (κ3) is 5.61. The van der Waals surface area contributed by atoms with Gasteiger partial charge in [0.15, 0.2) is 5.82 Å². The Hall–Kier alpha value is -7.24. The zero-order chi connectivity index (χ0) is 35.1. The summed E-state index contributed by atoms with van der Waals surface area (Å²) in [6.45, 7) is 0. The van der Waals surface area contributed by atoms with Crippen molar-refractivity contribution in [2.45, 2.75) is 0 Å². The van der Waals surface area contributed by atoms with E-state index in [1.807, 2.05) is 54.6 Å². The minimum absolute atomic E-state index is 0.688. The maximum atomic E-state index is 5.15. The van der Waals surface area contributed by atoms with Crippen LogP contribution in [0.4, 0.5) is 0 Å². The van der Waals surface area contributed by atoms with Gasteiger partial charge in [-0.25, -0.2) is 19.9 Å². The lowest BCUT2D eigenvalue weighted by Gasteiger charge is -2.11. The summed E-state index contributed by atoms with van der Waals surface area (Å²) in [4.78, 5) is 20.3. The Balaban J connectivity index is 1.01. The highest BCUT2D eigenvalue weighted by Crippen LogP contribution is 2.35. The molecule has 0 amide bonds. The lowest BCUT2D eigenvalue weighted by atomic mass is 9.99. The second-order valence-electron chi connectivity index (χ2n) is 13.1. The maximum absolute atomic E-state index is 5.15. The van der Waals surface area contributed by atoms with E-state index in [9.17, 15) is 0 Å². The third-order valence-corrected chi connectivity index (χ3v) is 9.84. The van der Waals surface area contributed by atoms with E-state index in [1.54, 1.807) is 0 Å². The summed E-state index contributed by atoms with van der Waals surface area (Å²) in [7, 11) is 0. The summed E-state index contributed by atoms with van der Waals surface area (Å²) >= 11 is 0. The summed E-state index contributed by atoms with van der Waals surface area (Å²) in [6.07, 6.45) is 2.06. The molecule has 0 aliphatic rings. The maximum Gasteiger partial charge on any atom is 0.160 e.